The smallest absolute Gasteiger partial charge is 0.158 e. The number of aromatic nitrogens is 3. The molecule has 5 aromatic rings. The molecule has 0 atom stereocenters. The van der Waals surface area contributed by atoms with Crippen LogP contribution in [0.1, 0.15) is 5.56 Å². The molecule has 172 valence electrons. The van der Waals surface area contributed by atoms with Crippen molar-refractivity contribution in [1.82, 2.24) is 15.0 Å². The van der Waals surface area contributed by atoms with Crippen LogP contribution in [0.25, 0.3) is 22.2 Å². The van der Waals surface area contributed by atoms with Gasteiger partial charge >= 0.3 is 0 Å². The van der Waals surface area contributed by atoms with E-state index in [4.69, 9.17) is 11.6 Å². The maximum Gasteiger partial charge on any atom is 0.158 e. The first-order valence-corrected chi connectivity index (χ1v) is 11.7. The number of imidazole rings is 1. The molecule has 6 nitrogen and oxygen atoms in total. The topological polar surface area (TPSA) is 80.6 Å². The fourth-order valence-electron chi connectivity index (χ4n) is 3.86. The molecule has 0 saturated carbocycles. The van der Waals surface area contributed by atoms with Crippen LogP contribution in [0.3, 0.4) is 0 Å². The lowest BCUT2D eigenvalue weighted by Crippen LogP contribution is -2.11. The number of halogens is 3. The van der Waals surface area contributed by atoms with E-state index in [9.17, 15) is 9.65 Å². The summed E-state index contributed by atoms with van der Waals surface area (Å²) in [5.74, 6) is 0.226. The summed E-state index contributed by atoms with van der Waals surface area (Å²) in [7, 11) is 1.92. The summed E-state index contributed by atoms with van der Waals surface area (Å²) >= 11 is 9.60. The molecular formula is C26H17BrClFN6. The number of benzene rings is 3. The summed E-state index contributed by atoms with van der Waals surface area (Å²) in [6, 6.07) is 20.3. The predicted octanol–water partition coefficient (Wildman–Crippen LogP) is 7.56. The molecule has 35 heavy (non-hydrogen) atoms. The summed E-state index contributed by atoms with van der Waals surface area (Å²) in [5.41, 5.74) is 4.82. The highest BCUT2D eigenvalue weighted by atomic mass is 79.9. The van der Waals surface area contributed by atoms with Crippen molar-refractivity contribution in [1.29, 1.82) is 5.26 Å². The van der Waals surface area contributed by atoms with E-state index in [1.807, 2.05) is 54.4 Å². The average molecular weight is 548 g/mol. The van der Waals surface area contributed by atoms with Gasteiger partial charge in [-0.2, -0.15) is 5.26 Å². The van der Waals surface area contributed by atoms with Crippen molar-refractivity contribution in [2.45, 2.75) is 0 Å². The largest absolute Gasteiger partial charge is 0.354 e. The van der Waals surface area contributed by atoms with Gasteiger partial charge in [-0.25, -0.2) is 9.37 Å². The molecule has 2 N–H and O–H groups in total. The fraction of sp³-hybridized carbons (Fsp3) is 0.0385. The van der Waals surface area contributed by atoms with Crippen LogP contribution in [0.5, 0.6) is 0 Å². The van der Waals surface area contributed by atoms with Crippen LogP contribution in [0, 0.1) is 17.1 Å². The Morgan fingerprint density at radius 2 is 1.91 bits per heavy atom. The molecule has 5 rings (SSSR count). The first kappa shape index (κ1) is 22.8. The highest BCUT2D eigenvalue weighted by molar-refractivity contribution is 9.10. The zero-order chi connectivity index (χ0) is 24.5. The van der Waals surface area contributed by atoms with E-state index in [0.29, 0.717) is 27.8 Å². The summed E-state index contributed by atoms with van der Waals surface area (Å²) in [6.45, 7) is 0. The predicted molar refractivity (Wildman–Crippen MR) is 141 cm³/mol. The molecule has 9 heteroatoms. The van der Waals surface area contributed by atoms with Gasteiger partial charge in [-0.1, -0.05) is 41.9 Å². The second kappa shape index (κ2) is 9.37. The van der Waals surface area contributed by atoms with Crippen molar-refractivity contribution in [3.05, 3.63) is 94.1 Å². The average Bonchev–Trinajstić information content (AvgIpc) is 3.36. The lowest BCUT2D eigenvalue weighted by atomic mass is 10.1. The van der Waals surface area contributed by atoms with Crippen LogP contribution < -0.4 is 10.2 Å². The first-order chi connectivity index (χ1) is 17.0. The van der Waals surface area contributed by atoms with E-state index in [2.05, 4.69) is 42.3 Å². The Bertz CT molecular complexity index is 1600. The number of aromatic amines is 1. The van der Waals surface area contributed by atoms with E-state index in [0.717, 1.165) is 27.2 Å². The van der Waals surface area contributed by atoms with Crippen molar-refractivity contribution in [2.24, 2.45) is 0 Å². The Hall–Kier alpha value is -3.93. The molecule has 3 aromatic carbocycles. The molecule has 2 heterocycles. The molecule has 0 unspecified atom stereocenters. The molecule has 0 spiro atoms. The lowest BCUT2D eigenvalue weighted by molar-refractivity contribution is 0.628. The molecule has 0 fully saturated rings. The highest BCUT2D eigenvalue weighted by Crippen LogP contribution is 2.39. The lowest BCUT2D eigenvalue weighted by Gasteiger charge is -2.21. The number of rotatable bonds is 5. The number of hydrogen-bond donors (Lipinski definition) is 2. The Morgan fingerprint density at radius 3 is 2.66 bits per heavy atom. The molecule has 0 aliphatic heterocycles. The van der Waals surface area contributed by atoms with Gasteiger partial charge in [0.15, 0.2) is 5.82 Å². The molecule has 0 saturated heterocycles. The molecule has 0 aliphatic carbocycles. The fourth-order valence-corrected chi connectivity index (χ4v) is 4.59. The molecular weight excluding hydrogens is 531 g/mol. The van der Waals surface area contributed by atoms with Gasteiger partial charge in [-0.05, 0) is 46.3 Å². The Balaban J connectivity index is 1.64. The highest BCUT2D eigenvalue weighted by Gasteiger charge is 2.18. The van der Waals surface area contributed by atoms with Crippen LogP contribution in [-0.4, -0.2) is 22.0 Å². The number of hydrogen-bond acceptors (Lipinski definition) is 5. The summed E-state index contributed by atoms with van der Waals surface area (Å²) in [5, 5.41) is 13.7. The van der Waals surface area contributed by atoms with Gasteiger partial charge < -0.3 is 15.2 Å². The minimum Gasteiger partial charge on any atom is -0.354 e. The van der Waals surface area contributed by atoms with Crippen molar-refractivity contribution in [2.75, 3.05) is 17.3 Å². The van der Waals surface area contributed by atoms with E-state index < -0.39 is 5.82 Å². The van der Waals surface area contributed by atoms with Crippen LogP contribution in [0.15, 0.2) is 77.7 Å². The number of fused-ring (bicyclic) bond motifs is 1. The number of anilines is 4. The SMILES string of the molecule is CN(c1cc(Br)c2ncc(C#N)c(Nc3ccc(F)c(Cl)c3)c2c1)c1nc[nH]c1-c1ccccc1. The third-order valence-corrected chi connectivity index (χ3v) is 6.50. The Morgan fingerprint density at radius 1 is 1.11 bits per heavy atom. The van der Waals surface area contributed by atoms with Gasteiger partial charge in [-0.15, -0.1) is 0 Å². The van der Waals surface area contributed by atoms with Crippen LogP contribution in [0.2, 0.25) is 5.02 Å². The first-order valence-electron chi connectivity index (χ1n) is 10.5. The second-order valence-corrected chi connectivity index (χ2v) is 9.02. The maximum absolute atomic E-state index is 13.7. The standard InChI is InChI=1S/C26H17BrClFN6/c1-35(26-24(32-14-33-26)15-5-3-2-4-6-15)18-10-19-23(34-17-7-8-22(29)21(28)9-17)16(12-30)13-31-25(19)20(27)11-18/h2-11,13-14H,1H3,(H,31,34)(H,32,33). The number of H-pyrrole nitrogens is 1. The van der Waals surface area contributed by atoms with Crippen LogP contribution >= 0.6 is 27.5 Å². The van der Waals surface area contributed by atoms with Gasteiger partial charge in [0, 0.05) is 40.0 Å². The quantitative estimate of drug-likeness (QED) is 0.237. The zero-order valence-electron chi connectivity index (χ0n) is 18.4. The van der Waals surface area contributed by atoms with Crippen LogP contribution in [0.4, 0.5) is 27.3 Å². The normalized spacial score (nSPS) is 10.8. The molecule has 0 radical (unpaired) electrons. The summed E-state index contributed by atoms with van der Waals surface area (Å²) < 4.78 is 14.4. The molecule has 0 amide bonds. The van der Waals surface area contributed by atoms with Crippen molar-refractivity contribution in [3.63, 3.8) is 0 Å². The van der Waals surface area contributed by atoms with Crippen molar-refractivity contribution < 1.29 is 4.39 Å². The zero-order valence-corrected chi connectivity index (χ0v) is 20.7. The summed E-state index contributed by atoms with van der Waals surface area (Å²) in [4.78, 5) is 14.2. The van der Waals surface area contributed by atoms with E-state index in [1.165, 1.54) is 18.3 Å². The maximum atomic E-state index is 13.7. The third kappa shape index (κ3) is 4.32. The van der Waals surface area contributed by atoms with Crippen molar-refractivity contribution in [3.8, 4) is 17.3 Å². The number of pyridine rings is 1. The summed E-state index contributed by atoms with van der Waals surface area (Å²) in [6.07, 6.45) is 3.16. The van der Waals surface area contributed by atoms with Gasteiger partial charge in [0.1, 0.15) is 11.9 Å². The van der Waals surface area contributed by atoms with Gasteiger partial charge in [0.25, 0.3) is 0 Å². The van der Waals surface area contributed by atoms with Crippen molar-refractivity contribution >= 4 is 61.3 Å². The van der Waals surface area contributed by atoms with E-state index >= 15 is 0 Å². The molecule has 2 aromatic heterocycles. The van der Waals surface area contributed by atoms with Crippen LogP contribution in [-0.2, 0) is 0 Å². The second-order valence-electron chi connectivity index (χ2n) is 7.76. The number of nitrogens with zero attached hydrogens (tertiary/aromatic N) is 4. The van der Waals surface area contributed by atoms with Gasteiger partial charge in [-0.3, -0.25) is 4.98 Å². The minimum absolute atomic E-state index is 0.0135. The molecule has 0 bridgehead atoms. The minimum atomic E-state index is -0.516. The monoisotopic (exact) mass is 546 g/mol. The number of nitrogens with one attached hydrogen (secondary N) is 2. The van der Waals surface area contributed by atoms with Gasteiger partial charge in [0.2, 0.25) is 0 Å². The third-order valence-electron chi connectivity index (χ3n) is 5.61. The van der Waals surface area contributed by atoms with E-state index in [1.54, 1.807) is 12.4 Å². The molecule has 0 aliphatic rings. The van der Waals surface area contributed by atoms with E-state index in [-0.39, 0.29) is 5.02 Å². The number of nitriles is 1. The Kier molecular flexibility index (Phi) is 6.12. The Labute approximate surface area is 214 Å². The van der Waals surface area contributed by atoms with Gasteiger partial charge in [0.05, 0.1) is 33.8 Å².